The van der Waals surface area contributed by atoms with Crippen molar-refractivity contribution in [2.24, 2.45) is 12.0 Å². The second-order valence-electron chi connectivity index (χ2n) is 9.35. The van der Waals surface area contributed by atoms with Crippen molar-refractivity contribution in [3.05, 3.63) is 64.5 Å². The molecule has 1 atom stereocenters. The number of carboxylic acid groups (broad SMARTS) is 2. The molecule has 220 valence electrons. The number of halogens is 3. The quantitative estimate of drug-likeness (QED) is 0.321. The van der Waals surface area contributed by atoms with Crippen LogP contribution in [0.1, 0.15) is 48.0 Å². The van der Waals surface area contributed by atoms with E-state index >= 15 is 0 Å². The lowest BCUT2D eigenvalue weighted by Gasteiger charge is -2.16. The van der Waals surface area contributed by atoms with E-state index in [9.17, 15) is 33.0 Å². The van der Waals surface area contributed by atoms with Gasteiger partial charge >= 0.3 is 18.1 Å². The van der Waals surface area contributed by atoms with Crippen molar-refractivity contribution >= 4 is 29.2 Å². The SMILES string of the molecule is Cn1nc(-c2ccc(C(=O)N[C@@H](Cc3ccc(O)cc3)C(=O)O)cc2)sc1=NC1CCCCC1.O=C(O)C(F)(F)F. The average molecular weight is 595 g/mol. The second kappa shape index (κ2) is 13.9. The maximum absolute atomic E-state index is 12.7. The molecule has 1 aliphatic rings. The van der Waals surface area contributed by atoms with Gasteiger partial charge in [-0.3, -0.25) is 9.79 Å². The molecule has 14 heteroatoms. The molecule has 0 spiro atoms. The van der Waals surface area contributed by atoms with Crippen LogP contribution < -0.4 is 10.1 Å². The van der Waals surface area contributed by atoms with Crippen molar-refractivity contribution in [3.8, 4) is 16.3 Å². The number of aryl methyl sites for hydroxylation is 1. The van der Waals surface area contributed by atoms with Crippen LogP contribution in [0.4, 0.5) is 13.2 Å². The summed E-state index contributed by atoms with van der Waals surface area (Å²) in [6.45, 7) is 0. The van der Waals surface area contributed by atoms with Crippen molar-refractivity contribution < 1.29 is 42.9 Å². The highest BCUT2D eigenvalue weighted by molar-refractivity contribution is 7.12. The average Bonchev–Trinajstić information content (AvgIpc) is 3.29. The van der Waals surface area contributed by atoms with Crippen LogP contribution in [0.5, 0.6) is 5.75 Å². The van der Waals surface area contributed by atoms with E-state index in [1.165, 1.54) is 42.7 Å². The molecule has 10 nitrogen and oxygen atoms in total. The number of rotatable bonds is 7. The van der Waals surface area contributed by atoms with E-state index < -0.39 is 30.1 Å². The normalized spacial score (nSPS) is 15.0. The van der Waals surface area contributed by atoms with E-state index in [2.05, 4.69) is 10.4 Å². The molecule has 0 saturated heterocycles. The first-order valence-corrected chi connectivity index (χ1v) is 13.4. The molecular weight excluding hydrogens is 565 g/mol. The van der Waals surface area contributed by atoms with Crippen LogP contribution in [0, 0.1) is 0 Å². The van der Waals surface area contributed by atoms with Gasteiger partial charge < -0.3 is 20.6 Å². The lowest BCUT2D eigenvalue weighted by molar-refractivity contribution is -0.192. The molecule has 2 aromatic carbocycles. The maximum atomic E-state index is 12.7. The zero-order chi connectivity index (χ0) is 30.2. The van der Waals surface area contributed by atoms with Gasteiger partial charge in [0, 0.05) is 24.6 Å². The smallest absolute Gasteiger partial charge is 0.490 e. The zero-order valence-electron chi connectivity index (χ0n) is 22.0. The lowest BCUT2D eigenvalue weighted by atomic mass is 9.96. The van der Waals surface area contributed by atoms with Gasteiger partial charge in [-0.15, -0.1) is 0 Å². The summed E-state index contributed by atoms with van der Waals surface area (Å²) in [5.41, 5.74) is 1.95. The topological polar surface area (TPSA) is 154 Å². The number of phenols is 1. The largest absolute Gasteiger partial charge is 0.508 e. The van der Waals surface area contributed by atoms with Crippen LogP contribution in [-0.2, 0) is 23.1 Å². The minimum Gasteiger partial charge on any atom is -0.508 e. The van der Waals surface area contributed by atoms with Gasteiger partial charge in [-0.1, -0.05) is 54.9 Å². The first-order valence-electron chi connectivity index (χ1n) is 12.6. The molecule has 0 aliphatic heterocycles. The molecule has 0 unspecified atom stereocenters. The van der Waals surface area contributed by atoms with E-state index in [-0.39, 0.29) is 12.2 Å². The molecule has 3 aromatic rings. The fraction of sp³-hybridized carbons (Fsp3) is 0.370. The van der Waals surface area contributed by atoms with Gasteiger partial charge in [0.2, 0.25) is 4.80 Å². The van der Waals surface area contributed by atoms with Gasteiger partial charge in [0.1, 0.15) is 16.8 Å². The number of benzene rings is 2. The number of nitrogens with zero attached hydrogens (tertiary/aromatic N) is 3. The van der Waals surface area contributed by atoms with Gasteiger partial charge in [-0.2, -0.15) is 18.3 Å². The third kappa shape index (κ3) is 9.45. The zero-order valence-corrected chi connectivity index (χ0v) is 22.8. The van der Waals surface area contributed by atoms with Crippen molar-refractivity contribution in [1.29, 1.82) is 0 Å². The standard InChI is InChI=1S/C25H28N4O4S.C2HF3O2/c1-29-25(26-19-5-3-2-4-6-19)34-23(28-29)18-11-9-17(10-12-18)22(31)27-21(24(32)33)15-16-7-13-20(30)14-8-16;3-2(4,5)1(6)7/h7-14,19,21,30H,2-6,15H2,1H3,(H,27,31)(H,32,33);(H,6,7)/t21-;/m0./s1. The summed E-state index contributed by atoms with van der Waals surface area (Å²) in [6, 6.07) is 12.5. The molecule has 1 heterocycles. The molecule has 1 amide bonds. The Hall–Kier alpha value is -4.20. The van der Waals surface area contributed by atoms with Crippen molar-refractivity contribution in [2.75, 3.05) is 0 Å². The Labute approximate surface area is 236 Å². The number of phenolic OH excluding ortho intramolecular Hbond substituents is 1. The van der Waals surface area contributed by atoms with Crippen LogP contribution in [0.2, 0.25) is 0 Å². The molecule has 41 heavy (non-hydrogen) atoms. The van der Waals surface area contributed by atoms with Crippen LogP contribution >= 0.6 is 11.3 Å². The van der Waals surface area contributed by atoms with Gasteiger partial charge in [0.05, 0.1) is 6.04 Å². The Kier molecular flexibility index (Phi) is 10.6. The predicted octanol–water partition coefficient (Wildman–Crippen LogP) is 4.15. The fourth-order valence-electron chi connectivity index (χ4n) is 4.02. The van der Waals surface area contributed by atoms with Crippen LogP contribution in [-0.4, -0.2) is 61.2 Å². The van der Waals surface area contributed by atoms with E-state index in [0.717, 1.165) is 28.2 Å². The fourth-order valence-corrected chi connectivity index (χ4v) is 4.98. The number of carbonyl (C=O) groups is 3. The molecule has 0 radical (unpaired) electrons. The first kappa shape index (κ1) is 31.3. The molecule has 4 rings (SSSR count). The number of aromatic hydroxyl groups is 1. The highest BCUT2D eigenvalue weighted by Crippen LogP contribution is 2.22. The summed E-state index contributed by atoms with van der Waals surface area (Å²) in [5, 5.41) is 34.0. The molecular formula is C27H29F3N4O6S. The van der Waals surface area contributed by atoms with Crippen molar-refractivity contribution in [3.63, 3.8) is 0 Å². The third-order valence-electron chi connectivity index (χ3n) is 6.19. The van der Waals surface area contributed by atoms with E-state index in [1.807, 2.05) is 19.2 Å². The Morgan fingerprint density at radius 1 is 1.05 bits per heavy atom. The van der Waals surface area contributed by atoms with Crippen molar-refractivity contribution in [1.82, 2.24) is 15.1 Å². The second-order valence-corrected chi connectivity index (χ2v) is 10.3. The maximum Gasteiger partial charge on any atom is 0.490 e. The predicted molar refractivity (Wildman–Crippen MR) is 143 cm³/mol. The number of hydrogen-bond donors (Lipinski definition) is 4. The van der Waals surface area contributed by atoms with Crippen molar-refractivity contribution in [2.45, 2.75) is 56.8 Å². The number of aliphatic carboxylic acids is 2. The van der Waals surface area contributed by atoms with Gasteiger partial charge in [-0.05, 0) is 42.7 Å². The summed E-state index contributed by atoms with van der Waals surface area (Å²) in [6.07, 6.45) is 1.02. The third-order valence-corrected chi connectivity index (χ3v) is 7.25. The van der Waals surface area contributed by atoms with Gasteiger partial charge in [0.25, 0.3) is 5.91 Å². The Morgan fingerprint density at radius 2 is 1.63 bits per heavy atom. The van der Waals surface area contributed by atoms with E-state index in [1.54, 1.807) is 28.9 Å². The first-order chi connectivity index (χ1) is 19.3. The molecule has 1 saturated carbocycles. The Morgan fingerprint density at radius 3 is 2.17 bits per heavy atom. The summed E-state index contributed by atoms with van der Waals surface area (Å²) in [5.74, 6) is -4.24. The molecule has 0 bridgehead atoms. The summed E-state index contributed by atoms with van der Waals surface area (Å²) >= 11 is 1.53. The Bertz CT molecular complexity index is 1410. The number of carboxylic acids is 2. The highest BCUT2D eigenvalue weighted by atomic mass is 32.1. The number of carbonyl (C=O) groups excluding carboxylic acids is 1. The highest BCUT2D eigenvalue weighted by Gasteiger charge is 2.38. The summed E-state index contributed by atoms with van der Waals surface area (Å²) in [4.78, 5) is 39.0. The minimum absolute atomic E-state index is 0.100. The molecule has 1 aromatic heterocycles. The molecule has 4 N–H and O–H groups in total. The van der Waals surface area contributed by atoms with E-state index in [4.69, 9.17) is 14.9 Å². The minimum atomic E-state index is -5.08. The summed E-state index contributed by atoms with van der Waals surface area (Å²) in [7, 11) is 1.89. The molecule has 1 aliphatic carbocycles. The number of hydrogen-bond acceptors (Lipinski definition) is 7. The van der Waals surface area contributed by atoms with E-state index in [0.29, 0.717) is 17.2 Å². The summed E-state index contributed by atoms with van der Waals surface area (Å²) < 4.78 is 33.5. The molecule has 1 fully saturated rings. The lowest BCUT2D eigenvalue weighted by Crippen LogP contribution is -2.42. The number of amides is 1. The number of alkyl halides is 3. The van der Waals surface area contributed by atoms with Crippen LogP contribution in [0.3, 0.4) is 0 Å². The van der Waals surface area contributed by atoms with Gasteiger partial charge in [0.15, 0.2) is 0 Å². The monoisotopic (exact) mass is 594 g/mol. The number of nitrogens with one attached hydrogen (secondary N) is 1. The van der Waals surface area contributed by atoms with Crippen LogP contribution in [0.15, 0.2) is 53.5 Å². The van der Waals surface area contributed by atoms with Crippen LogP contribution in [0.25, 0.3) is 10.6 Å². The number of aromatic nitrogens is 2. The Balaban J connectivity index is 0.000000587. The van der Waals surface area contributed by atoms with Gasteiger partial charge in [-0.25, -0.2) is 14.3 Å².